The molecule has 1 unspecified atom stereocenters. The van der Waals surface area contributed by atoms with Crippen molar-refractivity contribution < 1.29 is 22.8 Å². The van der Waals surface area contributed by atoms with Crippen LogP contribution < -0.4 is 10.6 Å². The summed E-state index contributed by atoms with van der Waals surface area (Å²) in [4.78, 5) is 31.1. The maximum atomic E-state index is 12.9. The minimum Gasteiger partial charge on any atom is -0.368 e. The number of rotatable bonds is 7. The Hall–Kier alpha value is -3.10. The van der Waals surface area contributed by atoms with E-state index in [1.807, 2.05) is 38.1 Å². The second kappa shape index (κ2) is 10.0. The predicted molar refractivity (Wildman–Crippen MR) is 115 cm³/mol. The van der Waals surface area contributed by atoms with Gasteiger partial charge in [-0.25, -0.2) is 4.98 Å². The molecule has 0 bridgehead atoms. The van der Waals surface area contributed by atoms with Crippen LogP contribution in [0.5, 0.6) is 0 Å². The van der Waals surface area contributed by atoms with E-state index in [0.717, 1.165) is 23.4 Å². The second-order valence-electron chi connectivity index (χ2n) is 8.26. The molecule has 172 valence electrons. The van der Waals surface area contributed by atoms with Crippen molar-refractivity contribution in [3.05, 3.63) is 59.3 Å². The second-order valence-corrected chi connectivity index (χ2v) is 8.26. The molecule has 2 aromatic rings. The first-order valence-electron chi connectivity index (χ1n) is 10.6. The third-order valence-electron chi connectivity index (χ3n) is 5.28. The Balaban J connectivity index is 1.57. The van der Waals surface area contributed by atoms with Gasteiger partial charge in [0.05, 0.1) is 5.56 Å². The fraction of sp³-hybridized carbons (Fsp3) is 0.435. The van der Waals surface area contributed by atoms with Crippen molar-refractivity contribution in [1.82, 2.24) is 15.2 Å². The van der Waals surface area contributed by atoms with Crippen LogP contribution in [-0.4, -0.2) is 40.8 Å². The molecule has 2 N–H and O–H groups in total. The highest BCUT2D eigenvalue weighted by Gasteiger charge is 2.34. The summed E-state index contributed by atoms with van der Waals surface area (Å²) in [5.41, 5.74) is 1.28. The highest BCUT2D eigenvalue weighted by molar-refractivity contribution is 5.88. The molecule has 2 heterocycles. The molecule has 0 radical (unpaired) electrons. The molecule has 3 rings (SSSR count). The van der Waals surface area contributed by atoms with E-state index >= 15 is 0 Å². The van der Waals surface area contributed by atoms with Crippen LogP contribution in [0.2, 0.25) is 0 Å². The van der Waals surface area contributed by atoms with E-state index in [1.165, 1.54) is 6.07 Å². The normalized spacial score (nSPS) is 15.9. The maximum absolute atomic E-state index is 12.9. The van der Waals surface area contributed by atoms with Crippen molar-refractivity contribution in [2.24, 2.45) is 5.92 Å². The molecule has 0 spiro atoms. The third-order valence-corrected chi connectivity index (χ3v) is 5.28. The molecule has 0 aliphatic carbocycles. The van der Waals surface area contributed by atoms with Gasteiger partial charge in [0.15, 0.2) is 0 Å². The molecule has 6 nitrogen and oxygen atoms in total. The van der Waals surface area contributed by atoms with Crippen LogP contribution in [0.1, 0.15) is 37.0 Å². The van der Waals surface area contributed by atoms with E-state index < -0.39 is 17.8 Å². The van der Waals surface area contributed by atoms with Gasteiger partial charge in [0.1, 0.15) is 11.9 Å². The van der Waals surface area contributed by atoms with Crippen LogP contribution >= 0.6 is 0 Å². The van der Waals surface area contributed by atoms with E-state index in [4.69, 9.17) is 0 Å². The van der Waals surface area contributed by atoms with Gasteiger partial charge in [0, 0.05) is 38.7 Å². The van der Waals surface area contributed by atoms with Gasteiger partial charge >= 0.3 is 6.18 Å². The van der Waals surface area contributed by atoms with Crippen molar-refractivity contribution in [3.63, 3.8) is 0 Å². The van der Waals surface area contributed by atoms with E-state index in [-0.39, 0.29) is 36.6 Å². The van der Waals surface area contributed by atoms with Crippen LogP contribution in [0.15, 0.2) is 42.6 Å². The molecular formula is C23H27F3N4O2. The first kappa shape index (κ1) is 23.6. The van der Waals surface area contributed by atoms with Crippen molar-refractivity contribution in [2.75, 3.05) is 18.4 Å². The molecule has 1 aliphatic heterocycles. The van der Waals surface area contributed by atoms with Crippen molar-refractivity contribution in [2.45, 2.75) is 45.5 Å². The number of nitrogens with zero attached hydrogens (tertiary/aromatic N) is 2. The lowest BCUT2D eigenvalue weighted by Gasteiger charge is -2.36. The minimum absolute atomic E-state index is 0.0540. The zero-order valence-electron chi connectivity index (χ0n) is 18.1. The average molecular weight is 448 g/mol. The zero-order chi connectivity index (χ0) is 23.3. The van der Waals surface area contributed by atoms with Crippen molar-refractivity contribution >= 4 is 17.6 Å². The molecule has 0 saturated heterocycles. The first-order valence-corrected chi connectivity index (χ1v) is 10.6. The van der Waals surface area contributed by atoms with Crippen LogP contribution in [0.4, 0.5) is 19.0 Å². The quantitative estimate of drug-likeness (QED) is 0.635. The standard InChI is InChI=1S/C23H27F3N4O2/c1-15(2)11-21(31)30-14-17-6-4-3-5-16(17)12-19(30)22(32)28-10-9-27-20-8-7-18(13-29-20)23(24,25)26/h3-8,13,15,19H,9-12,14H2,1-2H3,(H,27,29)(H,28,32). The van der Waals surface area contributed by atoms with Crippen LogP contribution in [0.3, 0.4) is 0 Å². The summed E-state index contributed by atoms with van der Waals surface area (Å²) in [7, 11) is 0. The Morgan fingerprint density at radius 2 is 1.84 bits per heavy atom. The number of pyridine rings is 1. The smallest absolute Gasteiger partial charge is 0.368 e. The van der Waals surface area contributed by atoms with Crippen LogP contribution in [-0.2, 0) is 28.7 Å². The molecule has 1 aromatic heterocycles. The molecular weight excluding hydrogens is 421 g/mol. The van der Waals surface area contributed by atoms with Gasteiger partial charge in [-0.05, 0) is 29.2 Å². The Labute approximate surface area is 185 Å². The molecule has 32 heavy (non-hydrogen) atoms. The molecule has 1 aliphatic rings. The Kier molecular flexibility index (Phi) is 7.37. The number of nitrogens with one attached hydrogen (secondary N) is 2. The van der Waals surface area contributed by atoms with Gasteiger partial charge < -0.3 is 15.5 Å². The van der Waals surface area contributed by atoms with Gasteiger partial charge in [-0.2, -0.15) is 13.2 Å². The molecule has 1 aromatic carbocycles. The number of fused-ring (bicyclic) bond motifs is 1. The monoisotopic (exact) mass is 448 g/mol. The summed E-state index contributed by atoms with van der Waals surface area (Å²) >= 11 is 0. The van der Waals surface area contributed by atoms with Gasteiger partial charge in [-0.15, -0.1) is 0 Å². The topological polar surface area (TPSA) is 74.3 Å². The maximum Gasteiger partial charge on any atom is 0.417 e. The summed E-state index contributed by atoms with van der Waals surface area (Å²) in [6, 6.07) is 9.38. The van der Waals surface area contributed by atoms with E-state index in [2.05, 4.69) is 15.6 Å². The fourth-order valence-corrected chi connectivity index (χ4v) is 3.65. The molecule has 2 amide bonds. The molecule has 0 saturated carbocycles. The Morgan fingerprint density at radius 1 is 1.12 bits per heavy atom. The lowest BCUT2D eigenvalue weighted by atomic mass is 9.92. The number of alkyl halides is 3. The lowest BCUT2D eigenvalue weighted by Crippen LogP contribution is -2.53. The average Bonchev–Trinajstić information content (AvgIpc) is 2.75. The van der Waals surface area contributed by atoms with E-state index in [9.17, 15) is 22.8 Å². The number of benzene rings is 1. The Bertz CT molecular complexity index is 945. The number of anilines is 1. The van der Waals surface area contributed by atoms with Gasteiger partial charge in [-0.1, -0.05) is 38.1 Å². The van der Waals surface area contributed by atoms with Crippen LogP contribution in [0.25, 0.3) is 0 Å². The molecule has 9 heteroatoms. The van der Waals surface area contributed by atoms with Crippen LogP contribution in [0, 0.1) is 5.92 Å². The van der Waals surface area contributed by atoms with Crippen molar-refractivity contribution in [3.8, 4) is 0 Å². The summed E-state index contributed by atoms with van der Waals surface area (Å²) in [6.45, 7) is 4.85. The summed E-state index contributed by atoms with van der Waals surface area (Å²) in [5.74, 6) is 0.164. The van der Waals surface area contributed by atoms with E-state index in [1.54, 1.807) is 4.90 Å². The number of hydrogen-bond donors (Lipinski definition) is 2. The van der Waals surface area contributed by atoms with Crippen molar-refractivity contribution in [1.29, 1.82) is 0 Å². The van der Waals surface area contributed by atoms with E-state index in [0.29, 0.717) is 19.4 Å². The number of amides is 2. The largest absolute Gasteiger partial charge is 0.417 e. The summed E-state index contributed by atoms with van der Waals surface area (Å²) in [5, 5.41) is 5.71. The summed E-state index contributed by atoms with van der Waals surface area (Å²) < 4.78 is 37.8. The highest BCUT2D eigenvalue weighted by atomic mass is 19.4. The Morgan fingerprint density at radius 3 is 2.47 bits per heavy atom. The lowest BCUT2D eigenvalue weighted by molar-refractivity contribution is -0.142. The highest BCUT2D eigenvalue weighted by Crippen LogP contribution is 2.29. The number of carbonyl (C=O) groups excluding carboxylic acids is 2. The third kappa shape index (κ3) is 5.99. The molecule has 0 fully saturated rings. The van der Waals surface area contributed by atoms with Gasteiger partial charge in [0.2, 0.25) is 11.8 Å². The van der Waals surface area contributed by atoms with Gasteiger partial charge in [0.25, 0.3) is 0 Å². The number of halogens is 3. The SMILES string of the molecule is CC(C)CC(=O)N1Cc2ccccc2CC1C(=O)NCCNc1ccc(C(F)(F)F)cn1. The first-order chi connectivity index (χ1) is 15.1. The minimum atomic E-state index is -4.43. The number of carbonyl (C=O) groups is 2. The predicted octanol–water partition coefficient (Wildman–Crippen LogP) is 3.63. The summed E-state index contributed by atoms with van der Waals surface area (Å²) in [6.07, 6.45) is -2.86. The molecule has 1 atom stereocenters. The fourth-order valence-electron chi connectivity index (χ4n) is 3.65. The number of aromatic nitrogens is 1. The zero-order valence-corrected chi connectivity index (χ0v) is 18.1. The van der Waals surface area contributed by atoms with Gasteiger partial charge in [-0.3, -0.25) is 9.59 Å². The number of hydrogen-bond acceptors (Lipinski definition) is 4.